The van der Waals surface area contributed by atoms with Gasteiger partial charge in [-0.15, -0.1) is 11.3 Å². The number of likely N-dealkylation sites (tertiary alicyclic amines) is 1. The lowest BCUT2D eigenvalue weighted by Crippen LogP contribution is -2.46. The molecule has 2 N–H and O–H groups in total. The molecule has 3 heterocycles. The van der Waals surface area contributed by atoms with Crippen molar-refractivity contribution in [1.82, 2.24) is 25.3 Å². The molecule has 32 heavy (non-hydrogen) atoms. The van der Waals surface area contributed by atoms with Crippen molar-refractivity contribution in [2.45, 2.75) is 38.8 Å². The van der Waals surface area contributed by atoms with Crippen molar-refractivity contribution in [3.63, 3.8) is 0 Å². The fraction of sp³-hybridized carbons (Fsp3) is 0.391. The number of nitrogens with one attached hydrogen (secondary N) is 2. The molecule has 0 bridgehead atoms. The molecular weight excluding hydrogens is 426 g/mol. The van der Waals surface area contributed by atoms with E-state index in [0.29, 0.717) is 24.2 Å². The molecule has 1 aromatic carbocycles. The maximum absolute atomic E-state index is 13.4. The molecule has 1 fully saturated rings. The standard InChI is InChI=1S/C23H27N5O3S/c1-4-16-11-18(27(3)26-16)22(30)25-17-12-19(21(29)24-5-2)28(13-17)23(31)15-6-7-20-14(10-15)8-9-32-20/h6-11,17,19H,4-5,12-13H2,1-3H3,(H,24,29)(H,25,30)/t17-,19+/m1/s1. The highest BCUT2D eigenvalue weighted by atomic mass is 32.1. The van der Waals surface area contributed by atoms with E-state index in [1.54, 1.807) is 40.1 Å². The summed E-state index contributed by atoms with van der Waals surface area (Å²) in [4.78, 5) is 40.5. The first-order valence-electron chi connectivity index (χ1n) is 10.8. The molecule has 2 aromatic heterocycles. The number of likely N-dealkylation sites (N-methyl/N-ethyl adjacent to an activating group) is 1. The van der Waals surface area contributed by atoms with Crippen LogP contribution in [0.1, 0.15) is 46.8 Å². The van der Waals surface area contributed by atoms with Crippen molar-refractivity contribution in [2.75, 3.05) is 13.1 Å². The Morgan fingerprint density at radius 2 is 2.00 bits per heavy atom. The number of hydrogen-bond acceptors (Lipinski definition) is 5. The number of rotatable bonds is 6. The molecule has 1 aliphatic heterocycles. The van der Waals surface area contributed by atoms with Crippen LogP contribution in [0.2, 0.25) is 0 Å². The second-order valence-electron chi connectivity index (χ2n) is 7.95. The number of hydrogen-bond donors (Lipinski definition) is 2. The minimum atomic E-state index is -0.635. The molecule has 0 saturated carbocycles. The number of aryl methyl sites for hydroxylation is 2. The number of fused-ring (bicyclic) bond motifs is 1. The van der Waals surface area contributed by atoms with Gasteiger partial charge in [0.15, 0.2) is 0 Å². The fourth-order valence-electron chi connectivity index (χ4n) is 4.14. The number of aromatic nitrogens is 2. The van der Waals surface area contributed by atoms with Crippen LogP contribution in [0.4, 0.5) is 0 Å². The van der Waals surface area contributed by atoms with Crippen LogP contribution in [0, 0.1) is 0 Å². The second kappa shape index (κ2) is 9.12. The third-order valence-electron chi connectivity index (χ3n) is 5.78. The predicted octanol–water partition coefficient (Wildman–Crippen LogP) is 2.35. The van der Waals surface area contributed by atoms with Gasteiger partial charge in [0.05, 0.1) is 5.69 Å². The molecule has 0 aliphatic carbocycles. The van der Waals surface area contributed by atoms with Gasteiger partial charge in [-0.05, 0) is 60.9 Å². The van der Waals surface area contributed by atoms with Gasteiger partial charge < -0.3 is 15.5 Å². The highest BCUT2D eigenvalue weighted by Gasteiger charge is 2.40. The van der Waals surface area contributed by atoms with Crippen molar-refractivity contribution in [2.24, 2.45) is 7.05 Å². The molecule has 168 valence electrons. The van der Waals surface area contributed by atoms with E-state index in [-0.39, 0.29) is 30.3 Å². The second-order valence-corrected chi connectivity index (χ2v) is 8.89. The molecular formula is C23H27N5O3S. The van der Waals surface area contributed by atoms with Crippen molar-refractivity contribution < 1.29 is 14.4 Å². The Hall–Kier alpha value is -3.20. The normalized spacial score (nSPS) is 18.2. The van der Waals surface area contributed by atoms with Crippen LogP contribution in [0.3, 0.4) is 0 Å². The maximum atomic E-state index is 13.4. The average Bonchev–Trinajstić information content (AvgIpc) is 3.50. The van der Waals surface area contributed by atoms with Gasteiger partial charge in [0.25, 0.3) is 11.8 Å². The highest BCUT2D eigenvalue weighted by Crippen LogP contribution is 2.26. The minimum Gasteiger partial charge on any atom is -0.355 e. The predicted molar refractivity (Wildman–Crippen MR) is 124 cm³/mol. The van der Waals surface area contributed by atoms with Crippen molar-refractivity contribution in [1.29, 1.82) is 0 Å². The first-order chi connectivity index (χ1) is 15.4. The monoisotopic (exact) mass is 453 g/mol. The minimum absolute atomic E-state index is 0.206. The summed E-state index contributed by atoms with van der Waals surface area (Å²) in [5.74, 6) is -0.670. The van der Waals surface area contributed by atoms with Gasteiger partial charge in [-0.2, -0.15) is 5.10 Å². The van der Waals surface area contributed by atoms with Crippen LogP contribution in [0.15, 0.2) is 35.7 Å². The van der Waals surface area contributed by atoms with Crippen LogP contribution in [-0.2, 0) is 18.3 Å². The van der Waals surface area contributed by atoms with E-state index in [2.05, 4.69) is 15.7 Å². The molecule has 2 atom stereocenters. The van der Waals surface area contributed by atoms with Crippen LogP contribution in [0.5, 0.6) is 0 Å². The Bertz CT molecular complexity index is 1170. The quantitative estimate of drug-likeness (QED) is 0.599. The summed E-state index contributed by atoms with van der Waals surface area (Å²) in [5.41, 5.74) is 1.84. The Morgan fingerprint density at radius 1 is 1.19 bits per heavy atom. The van der Waals surface area contributed by atoms with Crippen molar-refractivity contribution >= 4 is 39.1 Å². The summed E-state index contributed by atoms with van der Waals surface area (Å²) in [7, 11) is 1.73. The zero-order valence-electron chi connectivity index (χ0n) is 18.4. The maximum Gasteiger partial charge on any atom is 0.269 e. The summed E-state index contributed by atoms with van der Waals surface area (Å²) >= 11 is 1.62. The molecule has 8 nitrogen and oxygen atoms in total. The van der Waals surface area contributed by atoms with Crippen molar-refractivity contribution in [3.8, 4) is 0 Å². The van der Waals surface area contributed by atoms with Crippen molar-refractivity contribution in [3.05, 3.63) is 52.7 Å². The molecule has 0 spiro atoms. The fourth-order valence-corrected chi connectivity index (χ4v) is 4.91. The van der Waals surface area contributed by atoms with Crippen LogP contribution in [0.25, 0.3) is 10.1 Å². The topological polar surface area (TPSA) is 96.3 Å². The summed E-state index contributed by atoms with van der Waals surface area (Å²) in [6, 6.07) is 8.36. The number of carbonyl (C=O) groups is 3. The lowest BCUT2D eigenvalue weighted by atomic mass is 10.1. The highest BCUT2D eigenvalue weighted by molar-refractivity contribution is 7.17. The lowest BCUT2D eigenvalue weighted by molar-refractivity contribution is -0.124. The molecule has 0 unspecified atom stereocenters. The molecule has 0 radical (unpaired) electrons. The molecule has 3 amide bonds. The smallest absolute Gasteiger partial charge is 0.269 e. The third-order valence-corrected chi connectivity index (χ3v) is 6.67. The SMILES string of the molecule is CCNC(=O)[C@@H]1C[C@@H](NC(=O)c2cc(CC)nn2C)CN1C(=O)c1ccc2sccc2c1. The van der Waals surface area contributed by atoms with E-state index in [9.17, 15) is 14.4 Å². The van der Waals surface area contributed by atoms with E-state index < -0.39 is 6.04 Å². The van der Waals surface area contributed by atoms with Gasteiger partial charge in [-0.25, -0.2) is 0 Å². The number of benzene rings is 1. The van der Waals surface area contributed by atoms with Gasteiger partial charge in [0.1, 0.15) is 11.7 Å². The molecule has 9 heteroatoms. The number of thiophene rings is 1. The van der Waals surface area contributed by atoms with Crippen LogP contribution >= 0.6 is 11.3 Å². The first-order valence-corrected chi connectivity index (χ1v) is 11.7. The van der Waals surface area contributed by atoms with E-state index in [0.717, 1.165) is 22.2 Å². The average molecular weight is 454 g/mol. The van der Waals surface area contributed by atoms with E-state index in [4.69, 9.17) is 0 Å². The molecule has 3 aromatic rings. The van der Waals surface area contributed by atoms with Gasteiger partial charge in [-0.1, -0.05) is 6.92 Å². The summed E-state index contributed by atoms with van der Waals surface area (Å²) in [5, 5.41) is 13.1. The van der Waals surface area contributed by atoms with E-state index in [1.807, 2.05) is 37.4 Å². The first kappa shape index (κ1) is 22.0. The number of nitrogens with zero attached hydrogens (tertiary/aromatic N) is 3. The Morgan fingerprint density at radius 3 is 2.72 bits per heavy atom. The van der Waals surface area contributed by atoms with Gasteiger partial charge in [0, 0.05) is 36.4 Å². The number of carbonyl (C=O) groups excluding carboxylic acids is 3. The largest absolute Gasteiger partial charge is 0.355 e. The molecule has 1 saturated heterocycles. The van der Waals surface area contributed by atoms with Crippen LogP contribution < -0.4 is 10.6 Å². The number of amides is 3. The summed E-state index contributed by atoms with van der Waals surface area (Å²) in [6.07, 6.45) is 1.10. The zero-order chi connectivity index (χ0) is 22.8. The van der Waals surface area contributed by atoms with E-state index in [1.165, 1.54) is 0 Å². The Kier molecular flexibility index (Phi) is 6.27. The Balaban J connectivity index is 1.54. The van der Waals surface area contributed by atoms with E-state index >= 15 is 0 Å². The van der Waals surface area contributed by atoms with Crippen LogP contribution in [-0.4, -0.2) is 57.6 Å². The third kappa shape index (κ3) is 4.25. The zero-order valence-corrected chi connectivity index (χ0v) is 19.2. The molecule has 4 rings (SSSR count). The Labute approximate surface area is 190 Å². The summed E-state index contributed by atoms with van der Waals surface area (Å²) in [6.45, 7) is 4.57. The lowest BCUT2D eigenvalue weighted by Gasteiger charge is -2.23. The molecule has 1 aliphatic rings. The van der Waals surface area contributed by atoms with Gasteiger partial charge in [0.2, 0.25) is 5.91 Å². The summed E-state index contributed by atoms with van der Waals surface area (Å²) < 4.78 is 2.67. The van der Waals surface area contributed by atoms with Gasteiger partial charge >= 0.3 is 0 Å². The van der Waals surface area contributed by atoms with Gasteiger partial charge in [-0.3, -0.25) is 19.1 Å².